The zero-order valence-corrected chi connectivity index (χ0v) is 17.4. The molecule has 1 aromatic heterocycles. The van der Waals surface area contributed by atoms with Gasteiger partial charge in [0.25, 0.3) is 11.8 Å². The first-order chi connectivity index (χ1) is 13.8. The molecule has 0 spiro atoms. The molecule has 2 amide bonds. The zero-order valence-electron chi connectivity index (χ0n) is 17.4. The number of nitrogens with one attached hydrogen (secondary N) is 1. The van der Waals surface area contributed by atoms with Gasteiger partial charge in [-0.3, -0.25) is 14.6 Å². The van der Waals surface area contributed by atoms with Crippen LogP contribution in [0.25, 0.3) is 0 Å². The highest BCUT2D eigenvalue weighted by Crippen LogP contribution is 2.24. The second-order valence-corrected chi connectivity index (χ2v) is 8.43. The quantitative estimate of drug-likeness (QED) is 0.844. The molecule has 1 aromatic carbocycles. The fraction of sp³-hybridized carbons (Fsp3) is 0.435. The number of ether oxygens (including phenoxy) is 1. The molecule has 1 aliphatic rings. The molecule has 1 aliphatic heterocycles. The van der Waals surface area contributed by atoms with Crippen LogP contribution < -0.4 is 10.1 Å². The molecule has 29 heavy (non-hydrogen) atoms. The van der Waals surface area contributed by atoms with Gasteiger partial charge in [0.2, 0.25) is 0 Å². The number of piperidine rings is 1. The molecule has 0 atom stereocenters. The summed E-state index contributed by atoms with van der Waals surface area (Å²) in [5.74, 6) is 0.553. The standard InChI is InChI=1S/C23H29N3O3/c1-23(2,3)18-6-8-20(9-7-18)29-16-21(27)26-13-10-19(11-14-26)25-22(28)17-5-4-12-24-15-17/h4-9,12,15,19H,10-11,13-14,16H2,1-3H3,(H,25,28). The van der Waals surface area contributed by atoms with Gasteiger partial charge in [0.05, 0.1) is 5.56 Å². The Kier molecular flexibility index (Phi) is 6.52. The van der Waals surface area contributed by atoms with Crippen molar-refractivity contribution in [3.63, 3.8) is 0 Å². The molecule has 0 bridgehead atoms. The molecule has 1 fully saturated rings. The van der Waals surface area contributed by atoms with Crippen molar-refractivity contribution in [2.24, 2.45) is 0 Å². The third-order valence-corrected chi connectivity index (χ3v) is 5.19. The topological polar surface area (TPSA) is 71.5 Å². The van der Waals surface area contributed by atoms with Crippen molar-refractivity contribution >= 4 is 11.8 Å². The lowest BCUT2D eigenvalue weighted by atomic mass is 9.87. The first-order valence-electron chi connectivity index (χ1n) is 10.0. The molecule has 3 rings (SSSR count). The predicted octanol–water partition coefficient (Wildman–Crippen LogP) is 3.18. The van der Waals surface area contributed by atoms with Crippen LogP contribution in [0.3, 0.4) is 0 Å². The van der Waals surface area contributed by atoms with Crippen molar-refractivity contribution in [1.82, 2.24) is 15.2 Å². The van der Waals surface area contributed by atoms with Gasteiger partial charge < -0.3 is 15.0 Å². The van der Waals surface area contributed by atoms with Gasteiger partial charge in [-0.25, -0.2) is 0 Å². The summed E-state index contributed by atoms with van der Waals surface area (Å²) < 4.78 is 5.67. The fourth-order valence-corrected chi connectivity index (χ4v) is 3.33. The summed E-state index contributed by atoms with van der Waals surface area (Å²) in [4.78, 5) is 30.4. The lowest BCUT2D eigenvalue weighted by Gasteiger charge is -2.32. The molecule has 0 aliphatic carbocycles. The largest absolute Gasteiger partial charge is 0.484 e. The van der Waals surface area contributed by atoms with Crippen LogP contribution in [0.15, 0.2) is 48.8 Å². The number of hydrogen-bond donors (Lipinski definition) is 1. The third kappa shape index (κ3) is 5.79. The second kappa shape index (κ2) is 9.07. The maximum atomic E-state index is 12.5. The summed E-state index contributed by atoms with van der Waals surface area (Å²) in [7, 11) is 0. The number of rotatable bonds is 5. The fourth-order valence-electron chi connectivity index (χ4n) is 3.33. The Bertz CT molecular complexity index is 821. The number of aromatic nitrogens is 1. The highest BCUT2D eigenvalue weighted by molar-refractivity contribution is 5.94. The molecule has 0 radical (unpaired) electrons. The Labute approximate surface area is 172 Å². The van der Waals surface area contributed by atoms with Gasteiger partial charge in [-0.2, -0.15) is 0 Å². The number of hydrogen-bond acceptors (Lipinski definition) is 4. The van der Waals surface area contributed by atoms with Crippen LogP contribution in [0.4, 0.5) is 0 Å². The van der Waals surface area contributed by atoms with E-state index in [-0.39, 0.29) is 29.9 Å². The number of carbonyl (C=O) groups excluding carboxylic acids is 2. The Morgan fingerprint density at radius 1 is 1.14 bits per heavy atom. The van der Waals surface area contributed by atoms with E-state index in [4.69, 9.17) is 4.74 Å². The van der Waals surface area contributed by atoms with E-state index >= 15 is 0 Å². The first-order valence-corrected chi connectivity index (χ1v) is 10.0. The SMILES string of the molecule is CC(C)(C)c1ccc(OCC(=O)N2CCC(NC(=O)c3cccnc3)CC2)cc1. The van der Waals surface area contributed by atoms with Gasteiger partial charge in [-0.1, -0.05) is 32.9 Å². The van der Waals surface area contributed by atoms with Crippen LogP contribution in [0.2, 0.25) is 0 Å². The Morgan fingerprint density at radius 3 is 2.41 bits per heavy atom. The monoisotopic (exact) mass is 395 g/mol. The van der Waals surface area contributed by atoms with Crippen LogP contribution in [-0.2, 0) is 10.2 Å². The summed E-state index contributed by atoms with van der Waals surface area (Å²) in [5.41, 5.74) is 1.87. The Morgan fingerprint density at radius 2 is 1.83 bits per heavy atom. The maximum Gasteiger partial charge on any atom is 0.260 e. The zero-order chi connectivity index (χ0) is 20.9. The minimum atomic E-state index is -0.120. The van der Waals surface area contributed by atoms with E-state index in [1.807, 2.05) is 24.3 Å². The summed E-state index contributed by atoms with van der Waals surface area (Å²) in [5, 5.41) is 3.02. The smallest absolute Gasteiger partial charge is 0.260 e. The summed E-state index contributed by atoms with van der Waals surface area (Å²) in [6, 6.07) is 11.4. The van der Waals surface area contributed by atoms with E-state index in [1.165, 1.54) is 5.56 Å². The number of benzene rings is 1. The van der Waals surface area contributed by atoms with Gasteiger partial charge in [-0.05, 0) is 48.1 Å². The maximum absolute atomic E-state index is 12.5. The van der Waals surface area contributed by atoms with Crippen LogP contribution >= 0.6 is 0 Å². The lowest BCUT2D eigenvalue weighted by Crippen LogP contribution is -2.47. The van der Waals surface area contributed by atoms with Gasteiger partial charge in [0, 0.05) is 31.5 Å². The van der Waals surface area contributed by atoms with Crippen molar-refractivity contribution < 1.29 is 14.3 Å². The molecule has 154 valence electrons. The average molecular weight is 396 g/mol. The average Bonchev–Trinajstić information content (AvgIpc) is 2.73. The predicted molar refractivity (Wildman–Crippen MR) is 112 cm³/mol. The molecular weight excluding hydrogens is 366 g/mol. The normalized spacial score (nSPS) is 15.1. The highest BCUT2D eigenvalue weighted by atomic mass is 16.5. The number of carbonyl (C=O) groups is 2. The number of amides is 2. The first kappa shape index (κ1) is 20.8. The van der Waals surface area contributed by atoms with Crippen LogP contribution in [-0.4, -0.2) is 47.4 Å². The van der Waals surface area contributed by atoms with Crippen LogP contribution in [0.1, 0.15) is 49.5 Å². The minimum absolute atomic E-state index is 0.0260. The molecule has 6 nitrogen and oxygen atoms in total. The highest BCUT2D eigenvalue weighted by Gasteiger charge is 2.24. The van der Waals surface area contributed by atoms with Gasteiger partial charge >= 0.3 is 0 Å². The van der Waals surface area contributed by atoms with Crippen molar-refractivity contribution in [2.45, 2.75) is 45.1 Å². The van der Waals surface area contributed by atoms with E-state index in [1.54, 1.807) is 29.4 Å². The van der Waals surface area contributed by atoms with Crippen molar-refractivity contribution in [3.8, 4) is 5.75 Å². The molecule has 6 heteroatoms. The molecule has 0 unspecified atom stereocenters. The summed E-state index contributed by atoms with van der Waals surface area (Å²) >= 11 is 0. The number of pyridine rings is 1. The summed E-state index contributed by atoms with van der Waals surface area (Å²) in [6.45, 7) is 7.74. The molecule has 2 heterocycles. The van der Waals surface area contributed by atoms with E-state index in [9.17, 15) is 9.59 Å². The third-order valence-electron chi connectivity index (χ3n) is 5.19. The van der Waals surface area contributed by atoms with Crippen LogP contribution in [0, 0.1) is 0 Å². The van der Waals surface area contributed by atoms with Crippen molar-refractivity contribution in [2.75, 3.05) is 19.7 Å². The Hall–Kier alpha value is -2.89. The number of likely N-dealkylation sites (tertiary alicyclic amines) is 1. The van der Waals surface area contributed by atoms with Crippen molar-refractivity contribution in [3.05, 3.63) is 59.9 Å². The van der Waals surface area contributed by atoms with E-state index in [0.717, 1.165) is 12.8 Å². The van der Waals surface area contributed by atoms with Crippen molar-refractivity contribution in [1.29, 1.82) is 0 Å². The van der Waals surface area contributed by atoms with Gasteiger partial charge in [0.1, 0.15) is 5.75 Å². The Balaban J connectivity index is 1.42. The van der Waals surface area contributed by atoms with Crippen LogP contribution in [0.5, 0.6) is 5.75 Å². The van der Waals surface area contributed by atoms with Gasteiger partial charge in [-0.15, -0.1) is 0 Å². The molecular formula is C23H29N3O3. The van der Waals surface area contributed by atoms with E-state index < -0.39 is 0 Å². The number of nitrogens with zero attached hydrogens (tertiary/aromatic N) is 2. The molecule has 1 N–H and O–H groups in total. The lowest BCUT2D eigenvalue weighted by molar-refractivity contribution is -0.134. The molecule has 0 saturated carbocycles. The van der Waals surface area contributed by atoms with E-state index in [2.05, 4.69) is 31.1 Å². The minimum Gasteiger partial charge on any atom is -0.484 e. The van der Waals surface area contributed by atoms with Gasteiger partial charge in [0.15, 0.2) is 6.61 Å². The summed E-state index contributed by atoms with van der Waals surface area (Å²) in [6.07, 6.45) is 4.66. The van der Waals surface area contributed by atoms with E-state index in [0.29, 0.717) is 24.4 Å². The molecule has 2 aromatic rings. The second-order valence-electron chi connectivity index (χ2n) is 8.43. The molecule has 1 saturated heterocycles.